The number of rotatable bonds is 6. The largest absolute Gasteiger partial charge is 0.356 e. The molecule has 0 radical (unpaired) electrons. The van der Waals surface area contributed by atoms with E-state index in [-0.39, 0.29) is 24.8 Å². The summed E-state index contributed by atoms with van der Waals surface area (Å²) in [6.07, 6.45) is 14.9. The van der Waals surface area contributed by atoms with Crippen molar-refractivity contribution in [3.8, 4) is 6.07 Å². The number of Topliss-reactive ketones (excluding diaryl/α,β-unsaturated/α-hetero) is 1. The minimum atomic E-state index is -3.09. The predicted octanol–water partition coefficient (Wildman–Crippen LogP) is 4.47. The van der Waals surface area contributed by atoms with Gasteiger partial charge in [0.05, 0.1) is 18.1 Å². The molecule has 0 saturated carbocycles. The van der Waals surface area contributed by atoms with E-state index in [1.165, 1.54) is 6.20 Å². The van der Waals surface area contributed by atoms with E-state index in [2.05, 4.69) is 33.1 Å². The van der Waals surface area contributed by atoms with Crippen LogP contribution >= 0.6 is 0 Å². The predicted molar refractivity (Wildman–Crippen MR) is 135 cm³/mol. The number of carbonyl (C=O) groups is 2. The van der Waals surface area contributed by atoms with E-state index in [0.29, 0.717) is 16.5 Å². The van der Waals surface area contributed by atoms with E-state index in [1.807, 2.05) is 49.8 Å². The zero-order chi connectivity index (χ0) is 26.2. The highest BCUT2D eigenvalue weighted by atomic mass is 19.3. The molecule has 0 spiro atoms. The fourth-order valence-corrected chi connectivity index (χ4v) is 4.83. The van der Waals surface area contributed by atoms with Crippen LogP contribution in [0, 0.1) is 11.3 Å². The summed E-state index contributed by atoms with van der Waals surface area (Å²) in [6, 6.07) is 7.82. The van der Waals surface area contributed by atoms with Gasteiger partial charge in [0.1, 0.15) is 12.2 Å². The number of aromatic nitrogens is 1. The van der Waals surface area contributed by atoms with Crippen LogP contribution < -0.4 is 0 Å². The van der Waals surface area contributed by atoms with Gasteiger partial charge in [-0.3, -0.25) is 14.6 Å². The van der Waals surface area contributed by atoms with E-state index in [0.717, 1.165) is 16.0 Å². The zero-order valence-corrected chi connectivity index (χ0v) is 20.2. The number of likely N-dealkylation sites (N-methyl/N-ethyl adjacent to an activating group) is 1. The number of nitrogens with zero attached hydrogens (tertiary/aromatic N) is 5. The third-order valence-electron chi connectivity index (χ3n) is 6.80. The lowest BCUT2D eigenvalue weighted by molar-refractivity contribution is -0.132. The molecule has 1 unspecified atom stereocenters. The molecule has 37 heavy (non-hydrogen) atoms. The van der Waals surface area contributed by atoms with Crippen molar-refractivity contribution < 1.29 is 18.4 Å². The van der Waals surface area contributed by atoms with Crippen LogP contribution in [0.25, 0.3) is 17.0 Å². The maximum atomic E-state index is 13.7. The van der Waals surface area contributed by atoms with Gasteiger partial charge in [0, 0.05) is 62.1 Å². The van der Waals surface area contributed by atoms with E-state index in [1.54, 1.807) is 12.1 Å². The van der Waals surface area contributed by atoms with E-state index in [9.17, 15) is 18.4 Å². The van der Waals surface area contributed by atoms with Crippen LogP contribution in [-0.2, 0) is 4.79 Å². The molecule has 9 heteroatoms. The molecular formula is C28H25F2N5O2. The normalized spacial score (nSPS) is 22.0. The van der Waals surface area contributed by atoms with Crippen LogP contribution in [0.5, 0.6) is 0 Å². The third-order valence-corrected chi connectivity index (χ3v) is 6.80. The zero-order valence-electron chi connectivity index (χ0n) is 20.2. The molecule has 1 amide bonds. The lowest BCUT2D eigenvalue weighted by Gasteiger charge is -2.28. The Morgan fingerprint density at radius 3 is 2.86 bits per heavy atom. The molecule has 0 bridgehead atoms. The minimum absolute atomic E-state index is 0.144. The van der Waals surface area contributed by atoms with Crippen molar-refractivity contribution in [3.63, 3.8) is 0 Å². The minimum Gasteiger partial charge on any atom is -0.356 e. The van der Waals surface area contributed by atoms with E-state index < -0.39 is 30.8 Å². The molecule has 5 rings (SSSR count). The molecule has 1 saturated heterocycles. The van der Waals surface area contributed by atoms with Crippen molar-refractivity contribution >= 4 is 28.7 Å². The average Bonchev–Trinajstić information content (AvgIpc) is 3.43. The molecule has 4 heterocycles. The Morgan fingerprint density at radius 1 is 1.22 bits per heavy atom. The average molecular weight is 502 g/mol. The lowest BCUT2D eigenvalue weighted by atomic mass is 9.99. The van der Waals surface area contributed by atoms with Crippen molar-refractivity contribution in [3.05, 3.63) is 84.0 Å². The van der Waals surface area contributed by atoms with Crippen LogP contribution in [-0.4, -0.2) is 63.1 Å². The first-order valence-electron chi connectivity index (χ1n) is 12.0. The number of hydrogen-bond donors (Lipinski definition) is 0. The van der Waals surface area contributed by atoms with Gasteiger partial charge in [0.25, 0.3) is 5.92 Å². The number of benzene rings is 1. The summed E-state index contributed by atoms with van der Waals surface area (Å²) in [6.45, 7) is -0.789. The van der Waals surface area contributed by atoms with Gasteiger partial charge in [-0.2, -0.15) is 5.26 Å². The first-order valence-corrected chi connectivity index (χ1v) is 12.0. The quantitative estimate of drug-likeness (QED) is 0.544. The molecule has 2 atom stereocenters. The second-order valence-corrected chi connectivity index (χ2v) is 9.43. The van der Waals surface area contributed by atoms with Gasteiger partial charge in [0.2, 0.25) is 5.91 Å². The monoisotopic (exact) mass is 501 g/mol. The van der Waals surface area contributed by atoms with Crippen molar-refractivity contribution in [2.75, 3.05) is 13.6 Å². The van der Waals surface area contributed by atoms with Crippen LogP contribution in [0.2, 0.25) is 0 Å². The summed E-state index contributed by atoms with van der Waals surface area (Å²) in [5.41, 5.74) is 2.97. The Labute approximate surface area is 213 Å². The second-order valence-electron chi connectivity index (χ2n) is 9.43. The maximum absolute atomic E-state index is 13.7. The number of fused-ring (bicyclic) bond motifs is 2. The number of halogens is 2. The summed E-state index contributed by atoms with van der Waals surface area (Å²) in [5.74, 6) is -3.98. The second kappa shape index (κ2) is 9.62. The van der Waals surface area contributed by atoms with Gasteiger partial charge in [-0.25, -0.2) is 8.78 Å². The Balaban J connectivity index is 1.30. The summed E-state index contributed by atoms with van der Waals surface area (Å²) < 4.78 is 27.4. The van der Waals surface area contributed by atoms with Gasteiger partial charge in [-0.1, -0.05) is 24.3 Å². The lowest BCUT2D eigenvalue weighted by Crippen LogP contribution is -2.36. The maximum Gasteiger partial charge on any atom is 0.268 e. The van der Waals surface area contributed by atoms with Crippen LogP contribution in [0.4, 0.5) is 8.78 Å². The molecule has 7 nitrogen and oxygen atoms in total. The number of hydrogen-bond acceptors (Lipinski definition) is 6. The number of likely N-dealkylation sites (tertiary alicyclic amines) is 1. The fourth-order valence-electron chi connectivity index (χ4n) is 4.83. The van der Waals surface area contributed by atoms with Crippen LogP contribution in [0.3, 0.4) is 0 Å². The summed E-state index contributed by atoms with van der Waals surface area (Å²) in [4.78, 5) is 35.0. The van der Waals surface area contributed by atoms with Gasteiger partial charge in [-0.05, 0) is 35.4 Å². The van der Waals surface area contributed by atoms with Gasteiger partial charge in [0.15, 0.2) is 5.78 Å². The number of allylic oxidation sites excluding steroid dienone is 3. The van der Waals surface area contributed by atoms with Gasteiger partial charge >= 0.3 is 0 Å². The molecule has 3 aliphatic rings. The Bertz CT molecular complexity index is 1420. The molecule has 1 aromatic heterocycles. The molecule has 3 aliphatic heterocycles. The third kappa shape index (κ3) is 5.00. The van der Waals surface area contributed by atoms with Crippen molar-refractivity contribution in [2.24, 2.45) is 0 Å². The molecule has 1 aromatic carbocycles. The number of carbonyl (C=O) groups excluding carboxylic acids is 2. The highest BCUT2D eigenvalue weighted by Gasteiger charge is 2.47. The summed E-state index contributed by atoms with van der Waals surface area (Å²) in [5, 5.41) is 9.78. The summed E-state index contributed by atoms with van der Waals surface area (Å²) in [7, 11) is 2.02. The van der Waals surface area contributed by atoms with Crippen molar-refractivity contribution in [2.45, 2.75) is 37.4 Å². The summed E-state index contributed by atoms with van der Waals surface area (Å²) >= 11 is 0. The Kier molecular flexibility index (Phi) is 6.34. The standard InChI is InChI=1S/C28H25F2N5O2/c1-33-12-13-34-17-20(5-8-26(33)34)3-2-19-4-6-24-23(14-19)22(10-11-32-24)25(36)7-9-27(37)35-18-28(29,30)15-21(35)16-31/h2-6,8,10-14,17,21,26H,7,9,15,18H2,1H3/b3-2+/t21-,26?/m0/s1. The fraction of sp³-hybridized carbons (Fsp3) is 0.286. The Morgan fingerprint density at radius 2 is 2.05 bits per heavy atom. The molecular weight excluding hydrogens is 476 g/mol. The molecule has 188 valence electrons. The SMILES string of the molecule is CN1C=CN2C=C(/C=C/c3ccc4nccc(C(=O)CCC(=O)N5CC(F)(F)C[C@H]5C#N)c4c3)C=CC12. The number of pyridine rings is 1. The smallest absolute Gasteiger partial charge is 0.268 e. The number of nitriles is 1. The highest BCUT2D eigenvalue weighted by Crippen LogP contribution is 2.32. The van der Waals surface area contributed by atoms with Crippen LogP contribution in [0.15, 0.2) is 72.9 Å². The van der Waals surface area contributed by atoms with Crippen molar-refractivity contribution in [1.29, 1.82) is 5.26 Å². The molecule has 1 fully saturated rings. The first kappa shape index (κ1) is 24.4. The molecule has 0 aliphatic carbocycles. The number of amides is 1. The van der Waals surface area contributed by atoms with Crippen molar-refractivity contribution in [1.82, 2.24) is 19.7 Å². The molecule has 2 aromatic rings. The van der Waals surface area contributed by atoms with Crippen LogP contribution in [0.1, 0.15) is 35.2 Å². The number of ketones is 1. The van der Waals surface area contributed by atoms with Gasteiger partial charge in [-0.15, -0.1) is 0 Å². The van der Waals surface area contributed by atoms with E-state index in [4.69, 9.17) is 5.26 Å². The highest BCUT2D eigenvalue weighted by molar-refractivity contribution is 6.08. The topological polar surface area (TPSA) is 80.5 Å². The van der Waals surface area contributed by atoms with E-state index >= 15 is 0 Å². The first-order chi connectivity index (χ1) is 17.7. The Hall–Kier alpha value is -4.32. The van der Waals surface area contributed by atoms with Gasteiger partial charge < -0.3 is 14.7 Å². The number of alkyl halides is 2. The molecule has 0 N–H and O–H groups in total.